The standard InChI is InChI=1S/C20H32N4O2.HI/c1-5-21-20(24-13-16(2)18(15-24)19(25)26-4)22-11-12-23(3)14-17-9-7-6-8-10-17;/h6-10,16,18H,5,11-15H2,1-4H3,(H,21,22);1H. The topological polar surface area (TPSA) is 57.2 Å². The van der Waals surface area contributed by atoms with E-state index in [1.807, 2.05) is 6.07 Å². The van der Waals surface area contributed by atoms with Gasteiger partial charge in [0.2, 0.25) is 0 Å². The van der Waals surface area contributed by atoms with E-state index in [2.05, 4.69) is 60.3 Å². The van der Waals surface area contributed by atoms with Gasteiger partial charge in [0, 0.05) is 32.7 Å². The number of methoxy groups -OCH3 is 1. The lowest BCUT2D eigenvalue weighted by Gasteiger charge is -2.22. The van der Waals surface area contributed by atoms with E-state index in [4.69, 9.17) is 9.73 Å². The summed E-state index contributed by atoms with van der Waals surface area (Å²) in [6.45, 7) is 8.98. The predicted molar refractivity (Wildman–Crippen MR) is 120 cm³/mol. The van der Waals surface area contributed by atoms with Crippen LogP contribution in [0, 0.1) is 11.8 Å². The summed E-state index contributed by atoms with van der Waals surface area (Å²) in [7, 11) is 3.57. The van der Waals surface area contributed by atoms with Gasteiger partial charge in [0.15, 0.2) is 5.96 Å². The Balaban J connectivity index is 0.00000364. The predicted octanol–water partition coefficient (Wildman–Crippen LogP) is 2.44. The van der Waals surface area contributed by atoms with Crippen LogP contribution in [-0.4, -0.2) is 68.6 Å². The van der Waals surface area contributed by atoms with Crippen molar-refractivity contribution >= 4 is 35.9 Å². The summed E-state index contributed by atoms with van der Waals surface area (Å²) < 4.78 is 4.93. The van der Waals surface area contributed by atoms with Gasteiger partial charge in [0.05, 0.1) is 19.6 Å². The molecule has 2 rings (SSSR count). The van der Waals surface area contributed by atoms with Gasteiger partial charge in [-0.15, -0.1) is 24.0 Å². The molecule has 1 fully saturated rings. The van der Waals surface area contributed by atoms with E-state index < -0.39 is 0 Å². The first-order valence-electron chi connectivity index (χ1n) is 9.38. The Bertz CT molecular complexity index is 597. The lowest BCUT2D eigenvalue weighted by molar-refractivity contribution is -0.145. The second-order valence-corrected chi connectivity index (χ2v) is 6.97. The zero-order valence-corrected chi connectivity index (χ0v) is 19.2. The number of rotatable bonds is 7. The number of hydrogen-bond acceptors (Lipinski definition) is 4. The molecule has 0 spiro atoms. The van der Waals surface area contributed by atoms with Crippen LogP contribution in [0.4, 0.5) is 0 Å². The minimum atomic E-state index is -0.126. The lowest BCUT2D eigenvalue weighted by atomic mass is 9.99. The monoisotopic (exact) mass is 488 g/mol. The van der Waals surface area contributed by atoms with Gasteiger partial charge in [-0.25, -0.2) is 0 Å². The molecule has 0 amide bonds. The normalized spacial score (nSPS) is 19.7. The van der Waals surface area contributed by atoms with Gasteiger partial charge in [-0.05, 0) is 25.5 Å². The van der Waals surface area contributed by atoms with Crippen LogP contribution in [0.1, 0.15) is 19.4 Å². The molecule has 0 aromatic heterocycles. The molecular weight excluding hydrogens is 455 g/mol. The quantitative estimate of drug-likeness (QED) is 0.277. The molecule has 0 radical (unpaired) electrons. The maximum absolute atomic E-state index is 11.9. The van der Waals surface area contributed by atoms with Crippen molar-refractivity contribution in [3.63, 3.8) is 0 Å². The highest BCUT2D eigenvalue weighted by Crippen LogP contribution is 2.24. The number of hydrogen-bond donors (Lipinski definition) is 1. The van der Waals surface area contributed by atoms with Gasteiger partial charge in [0.1, 0.15) is 0 Å². The maximum atomic E-state index is 11.9. The van der Waals surface area contributed by atoms with Crippen molar-refractivity contribution in [3.8, 4) is 0 Å². The van der Waals surface area contributed by atoms with Crippen molar-refractivity contribution in [3.05, 3.63) is 35.9 Å². The number of nitrogens with zero attached hydrogens (tertiary/aromatic N) is 3. The Kier molecular flexibility index (Phi) is 10.7. The molecule has 0 bridgehead atoms. The minimum absolute atomic E-state index is 0. The van der Waals surface area contributed by atoms with Crippen LogP contribution in [0.3, 0.4) is 0 Å². The first-order chi connectivity index (χ1) is 12.5. The first kappa shape index (κ1) is 23.7. The molecule has 6 nitrogen and oxygen atoms in total. The third-order valence-corrected chi connectivity index (χ3v) is 4.79. The average molecular weight is 488 g/mol. The summed E-state index contributed by atoms with van der Waals surface area (Å²) in [6, 6.07) is 10.5. The van der Waals surface area contributed by atoms with E-state index in [1.165, 1.54) is 12.7 Å². The molecule has 7 heteroatoms. The fourth-order valence-electron chi connectivity index (χ4n) is 3.32. The fraction of sp³-hybridized carbons (Fsp3) is 0.600. The van der Waals surface area contributed by atoms with Crippen LogP contribution in [0.25, 0.3) is 0 Å². The average Bonchev–Trinajstić information content (AvgIpc) is 3.03. The third-order valence-electron chi connectivity index (χ3n) is 4.79. The maximum Gasteiger partial charge on any atom is 0.310 e. The second kappa shape index (κ2) is 12.2. The number of benzene rings is 1. The number of aliphatic imine (C=N–C) groups is 1. The van der Waals surface area contributed by atoms with Crippen LogP contribution in [0.15, 0.2) is 35.3 Å². The molecule has 1 aliphatic rings. The van der Waals surface area contributed by atoms with Crippen LogP contribution >= 0.6 is 24.0 Å². The van der Waals surface area contributed by atoms with Crippen molar-refractivity contribution in [1.29, 1.82) is 0 Å². The van der Waals surface area contributed by atoms with Crippen molar-refractivity contribution in [2.24, 2.45) is 16.8 Å². The van der Waals surface area contributed by atoms with Crippen molar-refractivity contribution in [2.75, 3.05) is 46.9 Å². The highest BCUT2D eigenvalue weighted by atomic mass is 127. The van der Waals surface area contributed by atoms with Gasteiger partial charge >= 0.3 is 5.97 Å². The molecule has 1 heterocycles. The Morgan fingerprint density at radius 1 is 1.33 bits per heavy atom. The van der Waals surface area contributed by atoms with E-state index in [0.29, 0.717) is 6.54 Å². The second-order valence-electron chi connectivity index (χ2n) is 6.97. The number of esters is 1. The highest BCUT2D eigenvalue weighted by molar-refractivity contribution is 14.0. The summed E-state index contributed by atoms with van der Waals surface area (Å²) in [5, 5.41) is 3.35. The van der Waals surface area contributed by atoms with Gasteiger partial charge in [-0.1, -0.05) is 37.3 Å². The molecular formula is C20H33IN4O2. The summed E-state index contributed by atoms with van der Waals surface area (Å²) >= 11 is 0. The summed E-state index contributed by atoms with van der Waals surface area (Å²) in [5.41, 5.74) is 1.31. The number of nitrogens with one attached hydrogen (secondary N) is 1. The van der Waals surface area contributed by atoms with E-state index >= 15 is 0 Å². The number of likely N-dealkylation sites (N-methyl/N-ethyl adjacent to an activating group) is 1. The van der Waals surface area contributed by atoms with Gasteiger partial charge in [-0.3, -0.25) is 9.79 Å². The number of ether oxygens (including phenoxy) is 1. The van der Waals surface area contributed by atoms with E-state index in [-0.39, 0.29) is 41.8 Å². The van der Waals surface area contributed by atoms with Crippen LogP contribution < -0.4 is 5.32 Å². The SMILES string of the molecule is CCNC(=NCCN(C)Cc1ccccc1)N1CC(C)C(C(=O)OC)C1.I. The Morgan fingerprint density at radius 3 is 2.67 bits per heavy atom. The minimum Gasteiger partial charge on any atom is -0.469 e. The molecule has 1 saturated heterocycles. The molecule has 1 aliphatic heterocycles. The number of likely N-dealkylation sites (tertiary alicyclic amines) is 1. The summed E-state index contributed by atoms with van der Waals surface area (Å²) in [6.07, 6.45) is 0. The van der Waals surface area contributed by atoms with Crippen LogP contribution in [0.2, 0.25) is 0 Å². The fourth-order valence-corrected chi connectivity index (χ4v) is 3.32. The van der Waals surface area contributed by atoms with Crippen LogP contribution in [0.5, 0.6) is 0 Å². The molecule has 1 aromatic rings. The van der Waals surface area contributed by atoms with Gasteiger partial charge in [-0.2, -0.15) is 0 Å². The van der Waals surface area contributed by atoms with E-state index in [1.54, 1.807) is 0 Å². The summed E-state index contributed by atoms with van der Waals surface area (Å²) in [4.78, 5) is 21.1. The summed E-state index contributed by atoms with van der Waals surface area (Å²) in [5.74, 6) is 0.953. The van der Waals surface area contributed by atoms with Crippen molar-refractivity contribution in [2.45, 2.75) is 20.4 Å². The molecule has 0 saturated carbocycles. The largest absolute Gasteiger partial charge is 0.469 e. The van der Waals surface area contributed by atoms with Gasteiger partial charge in [0.25, 0.3) is 0 Å². The van der Waals surface area contributed by atoms with Crippen LogP contribution in [-0.2, 0) is 16.1 Å². The third kappa shape index (κ3) is 7.29. The smallest absolute Gasteiger partial charge is 0.310 e. The highest BCUT2D eigenvalue weighted by Gasteiger charge is 2.36. The Labute approximate surface area is 180 Å². The van der Waals surface area contributed by atoms with E-state index in [9.17, 15) is 4.79 Å². The van der Waals surface area contributed by atoms with Gasteiger partial charge < -0.3 is 19.9 Å². The molecule has 152 valence electrons. The van der Waals surface area contributed by atoms with Crippen molar-refractivity contribution in [1.82, 2.24) is 15.1 Å². The molecule has 2 atom stereocenters. The number of halogens is 1. The van der Waals surface area contributed by atoms with Crippen molar-refractivity contribution < 1.29 is 9.53 Å². The molecule has 27 heavy (non-hydrogen) atoms. The zero-order chi connectivity index (χ0) is 18.9. The Hall–Kier alpha value is -1.35. The Morgan fingerprint density at radius 2 is 2.04 bits per heavy atom. The molecule has 0 aliphatic carbocycles. The molecule has 1 N–H and O–H groups in total. The number of carbonyl (C=O) groups excluding carboxylic acids is 1. The zero-order valence-electron chi connectivity index (χ0n) is 16.9. The molecule has 2 unspecified atom stereocenters. The number of carbonyl (C=O) groups is 1. The van der Waals surface area contributed by atoms with E-state index in [0.717, 1.165) is 38.7 Å². The lowest BCUT2D eigenvalue weighted by Crippen LogP contribution is -2.41. The number of guanidine groups is 1. The first-order valence-corrected chi connectivity index (χ1v) is 9.38. The molecule has 1 aromatic carbocycles.